The Morgan fingerprint density at radius 3 is 2.36 bits per heavy atom. The Balaban J connectivity index is 0.000000277. The number of hydrogen-bond acceptors (Lipinski definition) is 5. The van der Waals surface area contributed by atoms with Crippen LogP contribution in [0.3, 0.4) is 0 Å². The van der Waals surface area contributed by atoms with Gasteiger partial charge in [-0.05, 0) is 58.5 Å². The molecule has 2 aliphatic carbocycles. The normalized spacial score (nSPS) is 30.1. The number of carbonyl (C=O) groups excluding carboxylic acids is 2. The number of fused-ring (bicyclic) bond motifs is 1. The fourth-order valence-electron chi connectivity index (χ4n) is 5.11. The lowest BCUT2D eigenvalue weighted by Gasteiger charge is -2.44. The molecule has 5 unspecified atom stereocenters. The van der Waals surface area contributed by atoms with Crippen LogP contribution in [0.15, 0.2) is 0 Å². The van der Waals surface area contributed by atoms with E-state index in [1.807, 2.05) is 11.8 Å². The van der Waals surface area contributed by atoms with Crippen molar-refractivity contribution in [3.05, 3.63) is 0 Å². The zero-order chi connectivity index (χ0) is 24.4. The Labute approximate surface area is 200 Å². The van der Waals surface area contributed by atoms with Crippen molar-refractivity contribution in [1.82, 2.24) is 20.6 Å². The average Bonchev–Trinajstić information content (AvgIpc) is 2.82. The predicted molar refractivity (Wildman–Crippen MR) is 129 cm³/mol. The highest BCUT2D eigenvalue weighted by Crippen LogP contribution is 2.37. The number of nitrogens with zero attached hydrogens (tertiary/aromatic N) is 2. The molecular formula is C25H47FN4O3. The molecule has 2 saturated carbocycles. The van der Waals surface area contributed by atoms with Crippen LogP contribution >= 0.6 is 0 Å². The van der Waals surface area contributed by atoms with Crippen LogP contribution in [0.25, 0.3) is 0 Å². The van der Waals surface area contributed by atoms with Gasteiger partial charge >= 0.3 is 0 Å². The van der Waals surface area contributed by atoms with Gasteiger partial charge in [-0.2, -0.15) is 5.48 Å². The molecule has 0 radical (unpaired) electrons. The van der Waals surface area contributed by atoms with Gasteiger partial charge in [-0.25, -0.2) is 4.39 Å². The van der Waals surface area contributed by atoms with Crippen LogP contribution in [-0.2, 0) is 14.4 Å². The molecule has 0 aromatic carbocycles. The standard InChI is InChI=1S/C16H27FN2O2.C9H20N2O/c1-10-7-8-13(17)12-9-14(21-19-15(10)12)16(20)18-11-5-3-2-4-6-11;1-5-10(4)7-8-11(6-2)9(3)12/h10-15,19H,2-9H2,1H3,(H,18,20);5-8H2,1-4H3. The largest absolute Gasteiger partial charge is 0.351 e. The minimum atomic E-state index is -0.812. The summed E-state index contributed by atoms with van der Waals surface area (Å²) in [7, 11) is 2.06. The van der Waals surface area contributed by atoms with Crippen molar-refractivity contribution >= 4 is 11.8 Å². The Hall–Kier alpha value is -1.25. The van der Waals surface area contributed by atoms with Crippen LogP contribution in [0, 0.1) is 11.8 Å². The van der Waals surface area contributed by atoms with E-state index >= 15 is 0 Å². The second-order valence-electron chi connectivity index (χ2n) is 10.1. The molecule has 192 valence electrons. The number of carbonyl (C=O) groups is 2. The summed E-state index contributed by atoms with van der Waals surface area (Å²) >= 11 is 0. The first-order chi connectivity index (χ1) is 15.8. The maximum Gasteiger partial charge on any atom is 0.251 e. The van der Waals surface area contributed by atoms with Crippen molar-refractivity contribution < 1.29 is 18.8 Å². The van der Waals surface area contributed by atoms with E-state index in [1.54, 1.807) is 6.92 Å². The predicted octanol–water partition coefficient (Wildman–Crippen LogP) is 3.29. The number of hydrogen-bond donors (Lipinski definition) is 2. The highest BCUT2D eigenvalue weighted by molar-refractivity contribution is 5.81. The maximum atomic E-state index is 14.2. The third kappa shape index (κ3) is 8.80. The first-order valence-electron chi connectivity index (χ1n) is 13.1. The number of amides is 2. The van der Waals surface area contributed by atoms with Crippen molar-refractivity contribution in [1.29, 1.82) is 0 Å². The number of hydroxylamine groups is 1. The highest BCUT2D eigenvalue weighted by Gasteiger charge is 2.44. The van der Waals surface area contributed by atoms with Gasteiger partial charge in [-0.1, -0.05) is 33.1 Å². The van der Waals surface area contributed by atoms with Crippen LogP contribution in [0.4, 0.5) is 4.39 Å². The first kappa shape index (κ1) is 28.0. The number of alkyl halides is 1. The Morgan fingerprint density at radius 1 is 1.06 bits per heavy atom. The second-order valence-corrected chi connectivity index (χ2v) is 10.1. The van der Waals surface area contributed by atoms with Gasteiger partial charge in [0.15, 0.2) is 6.10 Å². The van der Waals surface area contributed by atoms with E-state index in [9.17, 15) is 14.0 Å². The molecule has 8 heteroatoms. The molecule has 1 heterocycles. The quantitative estimate of drug-likeness (QED) is 0.597. The summed E-state index contributed by atoms with van der Waals surface area (Å²) in [6, 6.07) is 0.325. The number of likely N-dealkylation sites (N-methyl/N-ethyl adjacent to an activating group) is 2. The molecule has 0 aromatic heterocycles. The van der Waals surface area contributed by atoms with Crippen molar-refractivity contribution in [2.45, 2.75) is 103 Å². The van der Waals surface area contributed by atoms with Crippen LogP contribution in [-0.4, -0.2) is 79.2 Å². The molecule has 0 aromatic rings. The van der Waals surface area contributed by atoms with E-state index in [4.69, 9.17) is 4.84 Å². The molecular weight excluding hydrogens is 423 g/mol. The summed E-state index contributed by atoms with van der Waals surface area (Å²) in [5.41, 5.74) is 2.97. The van der Waals surface area contributed by atoms with Gasteiger partial charge < -0.3 is 15.1 Å². The lowest BCUT2D eigenvalue weighted by molar-refractivity contribution is -0.164. The summed E-state index contributed by atoms with van der Waals surface area (Å²) in [5, 5.41) is 3.08. The van der Waals surface area contributed by atoms with E-state index in [0.29, 0.717) is 18.8 Å². The summed E-state index contributed by atoms with van der Waals surface area (Å²) in [4.78, 5) is 32.9. The maximum absolute atomic E-state index is 14.2. The molecule has 2 N–H and O–H groups in total. The number of rotatable bonds is 7. The third-order valence-electron chi connectivity index (χ3n) is 7.63. The molecule has 3 rings (SSSR count). The zero-order valence-electron chi connectivity index (χ0n) is 21.4. The smallest absolute Gasteiger partial charge is 0.251 e. The van der Waals surface area contributed by atoms with Crippen LogP contribution < -0.4 is 10.8 Å². The van der Waals surface area contributed by atoms with E-state index in [0.717, 1.165) is 45.4 Å². The van der Waals surface area contributed by atoms with Crippen LogP contribution in [0.5, 0.6) is 0 Å². The van der Waals surface area contributed by atoms with E-state index < -0.39 is 12.3 Å². The summed E-state index contributed by atoms with van der Waals surface area (Å²) < 4.78 is 14.2. The van der Waals surface area contributed by atoms with Gasteiger partial charge in [0.25, 0.3) is 5.91 Å². The lowest BCUT2D eigenvalue weighted by atomic mass is 9.74. The van der Waals surface area contributed by atoms with Gasteiger partial charge in [0.2, 0.25) is 5.91 Å². The summed E-state index contributed by atoms with van der Waals surface area (Å²) in [6.45, 7) is 11.5. The van der Waals surface area contributed by atoms with Crippen molar-refractivity contribution in [3.8, 4) is 0 Å². The molecule has 0 spiro atoms. The zero-order valence-corrected chi connectivity index (χ0v) is 21.4. The lowest BCUT2D eigenvalue weighted by Crippen LogP contribution is -2.58. The van der Waals surface area contributed by atoms with Gasteiger partial charge in [-0.15, -0.1) is 0 Å². The summed E-state index contributed by atoms with van der Waals surface area (Å²) in [5.74, 6) is 0.411. The topological polar surface area (TPSA) is 73.9 Å². The Morgan fingerprint density at radius 2 is 1.76 bits per heavy atom. The van der Waals surface area contributed by atoms with E-state index in [-0.39, 0.29) is 29.8 Å². The van der Waals surface area contributed by atoms with Gasteiger partial charge in [-0.3, -0.25) is 14.4 Å². The second kappa shape index (κ2) is 14.2. The molecule has 7 nitrogen and oxygen atoms in total. The molecule has 3 fully saturated rings. The molecule has 1 aliphatic heterocycles. The minimum Gasteiger partial charge on any atom is -0.351 e. The fourth-order valence-corrected chi connectivity index (χ4v) is 5.11. The number of nitrogens with one attached hydrogen (secondary N) is 2. The number of halogens is 1. The first-order valence-corrected chi connectivity index (χ1v) is 13.1. The third-order valence-corrected chi connectivity index (χ3v) is 7.63. The van der Waals surface area contributed by atoms with Gasteiger partial charge in [0.1, 0.15) is 6.17 Å². The molecule has 2 amide bonds. The van der Waals surface area contributed by atoms with E-state index in [2.05, 4.69) is 36.6 Å². The molecule has 0 bridgehead atoms. The fraction of sp³-hybridized carbons (Fsp3) is 0.920. The Bertz CT molecular complexity index is 602. The highest BCUT2D eigenvalue weighted by atomic mass is 19.1. The average molecular weight is 471 g/mol. The SMILES string of the molecule is CC1CCC(F)C2CC(C(=O)NC3CCCCC3)ONC12.CCN(C)CCN(CC)C(C)=O. The van der Waals surface area contributed by atoms with E-state index in [1.165, 1.54) is 19.3 Å². The summed E-state index contributed by atoms with van der Waals surface area (Å²) in [6.07, 6.45) is 6.39. The van der Waals surface area contributed by atoms with Crippen molar-refractivity contribution in [2.24, 2.45) is 11.8 Å². The van der Waals surface area contributed by atoms with Gasteiger partial charge in [0, 0.05) is 44.6 Å². The van der Waals surface area contributed by atoms with Crippen LogP contribution in [0.2, 0.25) is 0 Å². The minimum absolute atomic E-state index is 0.0486. The molecule has 33 heavy (non-hydrogen) atoms. The monoisotopic (exact) mass is 470 g/mol. The Kier molecular flexibility index (Phi) is 12.1. The van der Waals surface area contributed by atoms with Crippen molar-refractivity contribution in [3.63, 3.8) is 0 Å². The van der Waals surface area contributed by atoms with Gasteiger partial charge in [0.05, 0.1) is 0 Å². The molecule has 3 aliphatic rings. The molecule has 1 saturated heterocycles. The van der Waals surface area contributed by atoms with Crippen LogP contribution in [0.1, 0.15) is 79.1 Å². The van der Waals surface area contributed by atoms with Crippen molar-refractivity contribution in [2.75, 3.05) is 33.2 Å². The molecule has 5 atom stereocenters.